The summed E-state index contributed by atoms with van der Waals surface area (Å²) in [5.74, 6) is -0.835. The molecule has 8 nitrogen and oxygen atoms in total. The fourth-order valence-electron chi connectivity index (χ4n) is 0.958. The summed E-state index contributed by atoms with van der Waals surface area (Å²) in [4.78, 5) is 19.1. The van der Waals surface area contributed by atoms with Gasteiger partial charge >= 0.3 is 5.84 Å². The summed E-state index contributed by atoms with van der Waals surface area (Å²) in [7, 11) is 0. The first kappa shape index (κ1) is 10.6. The minimum atomic E-state index is -0.931. The van der Waals surface area contributed by atoms with E-state index in [2.05, 4.69) is 5.16 Å². The van der Waals surface area contributed by atoms with Crippen LogP contribution in [0.5, 0.6) is 0 Å². The van der Waals surface area contributed by atoms with Crippen LogP contribution in [0.4, 0.5) is 5.69 Å². The number of hydrogen-bond acceptors (Lipinski definition) is 6. The second-order valence-corrected chi connectivity index (χ2v) is 2.49. The molecule has 0 fully saturated rings. The van der Waals surface area contributed by atoms with Crippen LogP contribution in [0.3, 0.4) is 0 Å². The average molecular weight is 211 g/mol. The Kier molecular flexibility index (Phi) is 2.91. The molecule has 0 aliphatic carbocycles. The van der Waals surface area contributed by atoms with Gasteiger partial charge in [-0.25, -0.2) is 0 Å². The Bertz CT molecular complexity index is 442. The monoisotopic (exact) mass is 211 g/mol. The minimum absolute atomic E-state index is 0.128. The molecule has 0 spiro atoms. The molecule has 0 aliphatic heterocycles. The molecule has 0 unspecified atom stereocenters. The van der Waals surface area contributed by atoms with E-state index in [0.29, 0.717) is 0 Å². The summed E-state index contributed by atoms with van der Waals surface area (Å²) in [5, 5.41) is 31.5. The maximum Gasteiger partial charge on any atom is 0.416 e. The average Bonchev–Trinajstić information content (AvgIpc) is 2.18. The summed E-state index contributed by atoms with van der Waals surface area (Å²) in [5.41, 5.74) is -0.438. The molecular formula is C7H5N3O5. The van der Waals surface area contributed by atoms with E-state index in [0.717, 1.165) is 6.07 Å². The van der Waals surface area contributed by atoms with Crippen LogP contribution in [0.15, 0.2) is 29.4 Å². The fraction of sp³-hybridized carbons (Fsp3) is 0. The lowest BCUT2D eigenvalue weighted by Gasteiger charge is -1.96. The third-order valence-corrected chi connectivity index (χ3v) is 1.58. The lowest BCUT2D eigenvalue weighted by Crippen LogP contribution is -2.13. The fourth-order valence-corrected chi connectivity index (χ4v) is 0.958. The maximum atomic E-state index is 10.4. The van der Waals surface area contributed by atoms with Gasteiger partial charge in [0.1, 0.15) is 0 Å². The van der Waals surface area contributed by atoms with Crippen molar-refractivity contribution in [1.29, 1.82) is 0 Å². The highest BCUT2D eigenvalue weighted by Crippen LogP contribution is 2.13. The van der Waals surface area contributed by atoms with Crippen molar-refractivity contribution in [2.45, 2.75) is 0 Å². The highest BCUT2D eigenvalue weighted by Gasteiger charge is 2.19. The smallest absolute Gasteiger partial charge is 0.358 e. The first-order valence-corrected chi connectivity index (χ1v) is 3.67. The summed E-state index contributed by atoms with van der Waals surface area (Å²) in [6.07, 6.45) is 0. The lowest BCUT2D eigenvalue weighted by atomic mass is 10.2. The number of nitro groups is 2. The maximum absolute atomic E-state index is 10.4. The minimum Gasteiger partial charge on any atom is -0.358 e. The Labute approximate surface area is 82.7 Å². The molecule has 0 saturated heterocycles. The third kappa shape index (κ3) is 2.24. The van der Waals surface area contributed by atoms with E-state index in [1.165, 1.54) is 18.2 Å². The van der Waals surface area contributed by atoms with Crippen molar-refractivity contribution in [3.05, 3.63) is 50.1 Å². The topological polar surface area (TPSA) is 119 Å². The molecule has 0 amide bonds. The van der Waals surface area contributed by atoms with Gasteiger partial charge < -0.3 is 15.3 Å². The molecular weight excluding hydrogens is 206 g/mol. The number of oxime groups is 1. The summed E-state index contributed by atoms with van der Waals surface area (Å²) in [6.45, 7) is 0. The zero-order valence-electron chi connectivity index (χ0n) is 7.23. The van der Waals surface area contributed by atoms with Crippen LogP contribution in [-0.4, -0.2) is 20.9 Å². The highest BCUT2D eigenvalue weighted by molar-refractivity contribution is 5.92. The van der Waals surface area contributed by atoms with Gasteiger partial charge in [0.25, 0.3) is 5.69 Å². The van der Waals surface area contributed by atoms with Gasteiger partial charge in [-0.1, -0.05) is 6.07 Å². The molecule has 15 heavy (non-hydrogen) atoms. The highest BCUT2D eigenvalue weighted by atomic mass is 16.6. The van der Waals surface area contributed by atoms with E-state index < -0.39 is 15.7 Å². The quantitative estimate of drug-likeness (QED) is 0.257. The summed E-state index contributed by atoms with van der Waals surface area (Å²) >= 11 is 0. The predicted octanol–water partition coefficient (Wildman–Crippen LogP) is 1.01. The number of nitrogens with zero attached hydrogens (tertiary/aromatic N) is 3. The molecule has 0 aliphatic rings. The predicted molar refractivity (Wildman–Crippen MR) is 48.4 cm³/mol. The van der Waals surface area contributed by atoms with E-state index >= 15 is 0 Å². The van der Waals surface area contributed by atoms with Crippen LogP contribution in [0.1, 0.15) is 5.56 Å². The molecule has 0 heterocycles. The van der Waals surface area contributed by atoms with Crippen LogP contribution < -0.4 is 0 Å². The Balaban J connectivity index is 3.21. The third-order valence-electron chi connectivity index (χ3n) is 1.58. The van der Waals surface area contributed by atoms with Gasteiger partial charge in [0.05, 0.1) is 10.5 Å². The van der Waals surface area contributed by atoms with E-state index in [9.17, 15) is 20.2 Å². The SMILES string of the molecule is O=[N+]([O-])/C(=N\O)c1cccc([N+](=O)[O-])c1. The van der Waals surface area contributed by atoms with Gasteiger partial charge in [-0.15, -0.1) is 0 Å². The lowest BCUT2D eigenvalue weighted by molar-refractivity contribution is -0.385. The molecule has 1 N–H and O–H groups in total. The molecule has 0 bridgehead atoms. The summed E-state index contributed by atoms with van der Waals surface area (Å²) in [6, 6.07) is 4.64. The zero-order chi connectivity index (χ0) is 11.4. The van der Waals surface area contributed by atoms with Crippen molar-refractivity contribution in [1.82, 2.24) is 0 Å². The van der Waals surface area contributed by atoms with Gasteiger partial charge in [-0.3, -0.25) is 10.1 Å². The zero-order valence-corrected chi connectivity index (χ0v) is 7.23. The van der Waals surface area contributed by atoms with E-state index in [1.807, 2.05) is 0 Å². The van der Waals surface area contributed by atoms with Crippen molar-refractivity contribution in [2.24, 2.45) is 5.16 Å². The van der Waals surface area contributed by atoms with Crippen LogP contribution in [0, 0.1) is 20.2 Å². The van der Waals surface area contributed by atoms with Gasteiger partial charge in [0, 0.05) is 12.1 Å². The Morgan fingerprint density at radius 3 is 2.47 bits per heavy atom. The van der Waals surface area contributed by atoms with E-state index in [-0.39, 0.29) is 11.3 Å². The second kappa shape index (κ2) is 4.13. The molecule has 0 radical (unpaired) electrons. The van der Waals surface area contributed by atoms with E-state index in [1.54, 1.807) is 0 Å². The van der Waals surface area contributed by atoms with Crippen LogP contribution in [0.2, 0.25) is 0 Å². The number of non-ortho nitro benzene ring substituents is 1. The van der Waals surface area contributed by atoms with E-state index in [4.69, 9.17) is 5.21 Å². The number of nitro benzene ring substituents is 1. The molecule has 8 heteroatoms. The van der Waals surface area contributed by atoms with Crippen molar-refractivity contribution in [2.75, 3.05) is 0 Å². The normalized spacial score (nSPS) is 11.1. The van der Waals surface area contributed by atoms with Gasteiger partial charge in [0.15, 0.2) is 5.16 Å². The van der Waals surface area contributed by atoms with Crippen LogP contribution in [0.25, 0.3) is 0 Å². The first-order valence-electron chi connectivity index (χ1n) is 3.67. The Morgan fingerprint density at radius 2 is 2.00 bits per heavy atom. The molecule has 1 aromatic carbocycles. The van der Waals surface area contributed by atoms with Crippen LogP contribution >= 0.6 is 0 Å². The Hall–Kier alpha value is -2.51. The van der Waals surface area contributed by atoms with Crippen molar-refractivity contribution in [3.8, 4) is 0 Å². The number of hydrogen-bond donors (Lipinski definition) is 1. The number of rotatable bonds is 2. The summed E-state index contributed by atoms with van der Waals surface area (Å²) < 4.78 is 0. The first-order chi connectivity index (χ1) is 7.06. The molecule has 1 rings (SSSR count). The van der Waals surface area contributed by atoms with Crippen molar-refractivity contribution in [3.63, 3.8) is 0 Å². The van der Waals surface area contributed by atoms with Gasteiger partial charge in [-0.05, 0) is 11.0 Å². The number of benzene rings is 1. The van der Waals surface area contributed by atoms with Crippen molar-refractivity contribution < 1.29 is 15.1 Å². The molecule has 1 aromatic rings. The molecule has 0 saturated carbocycles. The molecule has 0 atom stereocenters. The van der Waals surface area contributed by atoms with Crippen molar-refractivity contribution >= 4 is 11.5 Å². The molecule has 0 aromatic heterocycles. The van der Waals surface area contributed by atoms with Crippen LogP contribution in [-0.2, 0) is 0 Å². The van der Waals surface area contributed by atoms with Gasteiger partial charge in [0.2, 0.25) is 0 Å². The second-order valence-electron chi connectivity index (χ2n) is 2.49. The Morgan fingerprint density at radius 1 is 1.33 bits per heavy atom. The van der Waals surface area contributed by atoms with Gasteiger partial charge in [-0.2, -0.15) is 0 Å². The largest absolute Gasteiger partial charge is 0.416 e. The standard InChI is InChI=1S/C7H5N3O5/c11-8-7(10(14)15)5-2-1-3-6(4-5)9(12)13/h1-4,11H/b8-7-. The number of amidine groups is 1. The molecule has 78 valence electrons.